The number of unbranched alkanes of at least 4 members (excludes halogenated alkanes) is 2. The molecule has 0 spiro atoms. The summed E-state index contributed by atoms with van der Waals surface area (Å²) in [6.45, 7) is 0. The van der Waals surface area contributed by atoms with Crippen LogP contribution in [0.25, 0.3) is 0 Å². The van der Waals surface area contributed by atoms with Crippen molar-refractivity contribution in [2.24, 2.45) is 0 Å². The minimum absolute atomic E-state index is 0.0633. The molecule has 0 amide bonds. The van der Waals surface area contributed by atoms with Gasteiger partial charge in [-0.25, -0.2) is 9.90 Å². The van der Waals surface area contributed by atoms with E-state index in [0.717, 1.165) is 6.29 Å². The monoisotopic (exact) mass is 129 g/mol. The lowest BCUT2D eigenvalue weighted by Crippen LogP contribution is -1.91. The van der Waals surface area contributed by atoms with Gasteiger partial charge in [-0.15, -0.1) is 0 Å². The number of carbonyl (C=O) groups excluding carboxylic acids is 2. The summed E-state index contributed by atoms with van der Waals surface area (Å²) in [7, 11) is 0. The fourth-order valence-electron chi connectivity index (χ4n) is 0.497. The van der Waals surface area contributed by atoms with E-state index in [1.165, 1.54) is 0 Å². The third kappa shape index (κ3) is 7.14. The van der Waals surface area contributed by atoms with E-state index in [2.05, 4.69) is 0 Å². The number of hydrogen-bond donors (Lipinski definition) is 0. The van der Waals surface area contributed by atoms with Gasteiger partial charge in [0.05, 0.1) is 6.42 Å². The van der Waals surface area contributed by atoms with Gasteiger partial charge in [-0.05, 0) is 12.8 Å². The molecule has 1 radical (unpaired) electrons. The molecular formula is C6H9O3. The fraction of sp³-hybridized carbons (Fsp3) is 0.667. The van der Waals surface area contributed by atoms with Crippen molar-refractivity contribution in [2.45, 2.75) is 25.7 Å². The Morgan fingerprint density at radius 1 is 1.33 bits per heavy atom. The van der Waals surface area contributed by atoms with Crippen LogP contribution >= 0.6 is 0 Å². The maximum atomic E-state index is 9.76. The van der Waals surface area contributed by atoms with Crippen LogP contribution in [0, 0.1) is 0 Å². The first-order chi connectivity index (χ1) is 4.27. The zero-order chi connectivity index (χ0) is 7.11. The Labute approximate surface area is 53.7 Å². The molecule has 0 aliphatic carbocycles. The highest BCUT2D eigenvalue weighted by molar-refractivity contribution is 5.66. The van der Waals surface area contributed by atoms with Crippen molar-refractivity contribution in [3.05, 3.63) is 0 Å². The standard InChI is InChI=1S/C6H9O3/c7-5-3-1-2-4-6(8)9/h5H,1-4H2. The molecule has 9 heavy (non-hydrogen) atoms. The third-order valence-corrected chi connectivity index (χ3v) is 0.953. The molecule has 3 nitrogen and oxygen atoms in total. The van der Waals surface area contributed by atoms with E-state index in [4.69, 9.17) is 0 Å². The Bertz CT molecular complexity index is 98.5. The van der Waals surface area contributed by atoms with Crippen LogP contribution in [0.5, 0.6) is 0 Å². The Hall–Kier alpha value is -0.860. The van der Waals surface area contributed by atoms with E-state index in [9.17, 15) is 14.7 Å². The first-order valence-electron chi connectivity index (χ1n) is 2.91. The summed E-state index contributed by atoms with van der Waals surface area (Å²) in [4.78, 5) is 19.4. The van der Waals surface area contributed by atoms with Gasteiger partial charge >= 0.3 is 5.97 Å². The first-order valence-corrected chi connectivity index (χ1v) is 2.91. The quantitative estimate of drug-likeness (QED) is 0.405. The average molecular weight is 129 g/mol. The third-order valence-electron chi connectivity index (χ3n) is 0.953. The number of aldehydes is 1. The summed E-state index contributed by atoms with van der Waals surface area (Å²) >= 11 is 0. The smallest absolute Gasteiger partial charge is 0.303 e. The Morgan fingerprint density at radius 3 is 2.44 bits per heavy atom. The van der Waals surface area contributed by atoms with Crippen LogP contribution in [0.1, 0.15) is 25.7 Å². The highest BCUT2D eigenvalue weighted by Gasteiger charge is 1.96. The summed E-state index contributed by atoms with van der Waals surface area (Å²) in [6, 6.07) is 0. The zero-order valence-electron chi connectivity index (χ0n) is 5.13. The predicted octanol–water partition coefficient (Wildman–Crippen LogP) is 0.703. The van der Waals surface area contributed by atoms with Gasteiger partial charge in [-0.3, -0.25) is 0 Å². The summed E-state index contributed by atoms with van der Waals surface area (Å²) < 4.78 is 0. The molecule has 0 heterocycles. The largest absolute Gasteiger partial charge is 0.355 e. The SMILES string of the molecule is [O]C(=O)CCCCC=O. The topological polar surface area (TPSA) is 54.0 Å². The second kappa shape index (κ2) is 5.28. The van der Waals surface area contributed by atoms with Crippen molar-refractivity contribution in [1.82, 2.24) is 0 Å². The van der Waals surface area contributed by atoms with Gasteiger partial charge in [-0.1, -0.05) is 0 Å². The molecule has 0 unspecified atom stereocenters. The van der Waals surface area contributed by atoms with Crippen LogP contribution in [0.15, 0.2) is 0 Å². The van der Waals surface area contributed by atoms with Crippen molar-refractivity contribution in [3.8, 4) is 0 Å². The van der Waals surface area contributed by atoms with Gasteiger partial charge in [0.25, 0.3) is 0 Å². The molecule has 0 aromatic rings. The second-order valence-corrected chi connectivity index (χ2v) is 1.78. The van der Waals surface area contributed by atoms with Crippen molar-refractivity contribution in [1.29, 1.82) is 0 Å². The van der Waals surface area contributed by atoms with E-state index < -0.39 is 5.97 Å². The number of hydrogen-bond acceptors (Lipinski definition) is 2. The molecule has 0 saturated heterocycles. The molecule has 0 saturated carbocycles. The highest BCUT2D eigenvalue weighted by atomic mass is 16.4. The number of carbonyl (C=O) groups is 2. The molecule has 51 valence electrons. The van der Waals surface area contributed by atoms with Gasteiger partial charge in [0.2, 0.25) is 0 Å². The van der Waals surface area contributed by atoms with Crippen molar-refractivity contribution < 1.29 is 14.7 Å². The van der Waals surface area contributed by atoms with Gasteiger partial charge in [0.15, 0.2) is 0 Å². The Morgan fingerprint density at radius 2 is 2.00 bits per heavy atom. The number of rotatable bonds is 5. The van der Waals surface area contributed by atoms with Crippen LogP contribution in [-0.4, -0.2) is 12.3 Å². The Kier molecular flexibility index (Phi) is 4.78. The van der Waals surface area contributed by atoms with Crippen molar-refractivity contribution in [2.75, 3.05) is 0 Å². The Balaban J connectivity index is 2.91. The minimum Gasteiger partial charge on any atom is -0.303 e. The van der Waals surface area contributed by atoms with Crippen LogP contribution in [-0.2, 0) is 14.7 Å². The van der Waals surface area contributed by atoms with Crippen molar-refractivity contribution >= 4 is 12.3 Å². The van der Waals surface area contributed by atoms with Gasteiger partial charge in [0.1, 0.15) is 6.29 Å². The summed E-state index contributed by atoms with van der Waals surface area (Å²) in [6.07, 6.45) is 2.49. The molecule has 0 bridgehead atoms. The summed E-state index contributed by atoms with van der Waals surface area (Å²) in [5, 5.41) is 9.76. The van der Waals surface area contributed by atoms with Crippen LogP contribution in [0.3, 0.4) is 0 Å². The van der Waals surface area contributed by atoms with Crippen LogP contribution < -0.4 is 0 Å². The van der Waals surface area contributed by atoms with E-state index in [1.54, 1.807) is 0 Å². The lowest BCUT2D eigenvalue weighted by molar-refractivity contribution is -0.143. The molecule has 0 aliphatic rings. The van der Waals surface area contributed by atoms with E-state index in [0.29, 0.717) is 19.3 Å². The molecule has 3 heteroatoms. The maximum Gasteiger partial charge on any atom is 0.355 e. The van der Waals surface area contributed by atoms with E-state index in [-0.39, 0.29) is 6.42 Å². The predicted molar refractivity (Wildman–Crippen MR) is 30.2 cm³/mol. The summed E-state index contributed by atoms with van der Waals surface area (Å²) in [5.41, 5.74) is 0. The highest BCUT2D eigenvalue weighted by Crippen LogP contribution is 1.96. The van der Waals surface area contributed by atoms with Gasteiger partial charge in [-0.2, -0.15) is 0 Å². The normalized spacial score (nSPS) is 8.89. The molecule has 0 aromatic heterocycles. The molecule has 0 N–H and O–H groups in total. The van der Waals surface area contributed by atoms with Gasteiger partial charge < -0.3 is 4.79 Å². The lowest BCUT2D eigenvalue weighted by Gasteiger charge is -1.87. The van der Waals surface area contributed by atoms with Crippen molar-refractivity contribution in [3.63, 3.8) is 0 Å². The van der Waals surface area contributed by atoms with Crippen LogP contribution in [0.4, 0.5) is 0 Å². The summed E-state index contributed by atoms with van der Waals surface area (Å²) in [5.74, 6) is -1.04. The molecule has 0 aliphatic heterocycles. The van der Waals surface area contributed by atoms with E-state index in [1.807, 2.05) is 0 Å². The molecule has 0 atom stereocenters. The average Bonchev–Trinajstić information content (AvgIpc) is 1.80. The molecule has 0 fully saturated rings. The lowest BCUT2D eigenvalue weighted by atomic mass is 10.2. The van der Waals surface area contributed by atoms with Gasteiger partial charge in [0, 0.05) is 6.42 Å². The minimum atomic E-state index is -1.04. The molecular weight excluding hydrogens is 120 g/mol. The van der Waals surface area contributed by atoms with E-state index >= 15 is 0 Å². The maximum absolute atomic E-state index is 9.76. The fourth-order valence-corrected chi connectivity index (χ4v) is 0.497. The first kappa shape index (κ1) is 8.14. The second-order valence-electron chi connectivity index (χ2n) is 1.78. The molecule has 0 rings (SSSR count). The molecule has 0 aromatic carbocycles. The zero-order valence-corrected chi connectivity index (χ0v) is 5.13. The van der Waals surface area contributed by atoms with Crippen LogP contribution in [0.2, 0.25) is 0 Å².